The fourth-order valence-corrected chi connectivity index (χ4v) is 1.36. The average Bonchev–Trinajstić information content (AvgIpc) is 2.24. The maximum absolute atomic E-state index is 13.4. The number of amides is 2. The highest BCUT2D eigenvalue weighted by molar-refractivity contribution is 7.80. The summed E-state index contributed by atoms with van der Waals surface area (Å²) in [7, 11) is 1.17. The molecule has 0 heterocycles. The molecule has 1 aromatic rings. The number of hydrogen-bond acceptors (Lipinski definition) is 2. The van der Waals surface area contributed by atoms with E-state index in [1.54, 1.807) is 5.32 Å². The van der Waals surface area contributed by atoms with Crippen LogP contribution < -0.4 is 10.2 Å². The zero-order valence-electron chi connectivity index (χ0n) is 9.25. The van der Waals surface area contributed by atoms with Crippen molar-refractivity contribution in [3.8, 4) is 0 Å². The van der Waals surface area contributed by atoms with Crippen molar-refractivity contribution >= 4 is 24.3 Å². The van der Waals surface area contributed by atoms with Crippen molar-refractivity contribution in [1.82, 2.24) is 5.32 Å². The Morgan fingerprint density at radius 3 is 2.56 bits per heavy atom. The van der Waals surface area contributed by atoms with Gasteiger partial charge in [0.05, 0.1) is 5.69 Å². The zero-order valence-corrected chi connectivity index (χ0v) is 10.1. The Balaban J connectivity index is 2.74. The van der Waals surface area contributed by atoms with Crippen LogP contribution in [-0.2, 0) is 0 Å². The molecule has 1 aromatic carbocycles. The molecule has 0 aliphatic rings. The predicted molar refractivity (Wildman–Crippen MR) is 61.5 cm³/mol. The van der Waals surface area contributed by atoms with E-state index in [0.717, 1.165) is 11.0 Å². The van der Waals surface area contributed by atoms with Gasteiger partial charge in [0, 0.05) is 11.9 Å². The normalized spacial score (nSPS) is 11.2. The van der Waals surface area contributed by atoms with Gasteiger partial charge in [0.25, 0.3) is 0 Å². The quantitative estimate of drug-likeness (QED) is 0.634. The predicted octanol–water partition coefficient (Wildman–Crippen LogP) is 2.82. The highest BCUT2D eigenvalue weighted by Crippen LogP contribution is 2.21. The van der Waals surface area contributed by atoms with E-state index in [0.29, 0.717) is 4.90 Å². The monoisotopic (exact) mass is 282 g/mol. The summed E-state index contributed by atoms with van der Waals surface area (Å²) in [5.74, 6) is -0.743. The highest BCUT2D eigenvalue weighted by atomic mass is 32.1. The van der Waals surface area contributed by atoms with Crippen molar-refractivity contribution in [3.63, 3.8) is 0 Å². The minimum atomic E-state index is -4.51. The first kappa shape index (κ1) is 14.6. The van der Waals surface area contributed by atoms with Crippen LogP contribution in [0.25, 0.3) is 0 Å². The van der Waals surface area contributed by atoms with Gasteiger partial charge in [-0.2, -0.15) is 13.2 Å². The van der Waals surface area contributed by atoms with Crippen LogP contribution in [0, 0.1) is 5.82 Å². The molecule has 0 saturated carbocycles. The van der Waals surface area contributed by atoms with Crippen LogP contribution in [0.15, 0.2) is 23.1 Å². The van der Waals surface area contributed by atoms with E-state index in [-0.39, 0.29) is 5.69 Å². The topological polar surface area (TPSA) is 32.3 Å². The second kappa shape index (κ2) is 5.47. The van der Waals surface area contributed by atoms with E-state index in [4.69, 9.17) is 0 Å². The highest BCUT2D eigenvalue weighted by Gasteiger charge is 2.28. The molecule has 0 aliphatic heterocycles. The van der Waals surface area contributed by atoms with Crippen molar-refractivity contribution in [2.75, 3.05) is 18.5 Å². The molecule has 3 nitrogen and oxygen atoms in total. The van der Waals surface area contributed by atoms with Crippen LogP contribution in [0.5, 0.6) is 0 Å². The molecule has 0 unspecified atom stereocenters. The van der Waals surface area contributed by atoms with E-state index in [1.807, 2.05) is 0 Å². The molecule has 0 aliphatic carbocycles. The summed E-state index contributed by atoms with van der Waals surface area (Å²) in [5.41, 5.74) is -0.132. The molecule has 100 valence electrons. The lowest BCUT2D eigenvalue weighted by Gasteiger charge is -2.19. The van der Waals surface area contributed by atoms with Gasteiger partial charge in [0.2, 0.25) is 0 Å². The molecule has 0 atom stereocenters. The number of urea groups is 1. The van der Waals surface area contributed by atoms with E-state index in [9.17, 15) is 22.4 Å². The summed E-state index contributed by atoms with van der Waals surface area (Å²) in [6.45, 7) is -1.47. The van der Waals surface area contributed by atoms with Gasteiger partial charge < -0.3 is 5.32 Å². The number of benzene rings is 1. The number of thiol groups is 1. The van der Waals surface area contributed by atoms with E-state index in [2.05, 4.69) is 12.6 Å². The summed E-state index contributed by atoms with van der Waals surface area (Å²) in [6, 6.07) is 2.70. The molecule has 0 spiro atoms. The Morgan fingerprint density at radius 1 is 1.44 bits per heavy atom. The molecule has 1 rings (SSSR count). The summed E-state index contributed by atoms with van der Waals surface area (Å²) < 4.78 is 49.1. The van der Waals surface area contributed by atoms with Gasteiger partial charge in [-0.15, -0.1) is 12.6 Å². The summed E-state index contributed by atoms with van der Waals surface area (Å²) in [5, 5.41) is 1.64. The number of nitrogens with one attached hydrogen (secondary N) is 1. The van der Waals surface area contributed by atoms with Gasteiger partial charge in [0.15, 0.2) is 0 Å². The molecule has 2 amide bonds. The standard InChI is InChI=1S/C10H10F4N2OS/c1-16(9(17)15-5-10(12,13)14)8-3-2-6(18)4-7(8)11/h2-4,18H,5H2,1H3,(H,15,17). The number of hydrogen-bond donors (Lipinski definition) is 2. The smallest absolute Gasteiger partial charge is 0.329 e. The fraction of sp³-hybridized carbons (Fsp3) is 0.300. The van der Waals surface area contributed by atoms with Gasteiger partial charge >= 0.3 is 12.2 Å². The van der Waals surface area contributed by atoms with E-state index in [1.165, 1.54) is 19.2 Å². The number of carbonyl (C=O) groups excluding carboxylic acids is 1. The van der Waals surface area contributed by atoms with Crippen LogP contribution in [-0.4, -0.2) is 25.8 Å². The van der Waals surface area contributed by atoms with Gasteiger partial charge in [-0.05, 0) is 18.2 Å². The van der Waals surface area contributed by atoms with Gasteiger partial charge in [-0.3, -0.25) is 4.90 Å². The maximum Gasteiger partial charge on any atom is 0.405 e. The van der Waals surface area contributed by atoms with Crippen LogP contribution in [0.3, 0.4) is 0 Å². The minimum Gasteiger partial charge on any atom is -0.329 e. The molecule has 0 fully saturated rings. The maximum atomic E-state index is 13.4. The Kier molecular flexibility index (Phi) is 4.44. The number of carbonyl (C=O) groups is 1. The molecule has 0 saturated heterocycles. The van der Waals surface area contributed by atoms with Crippen LogP contribution in [0.2, 0.25) is 0 Å². The number of alkyl halides is 3. The third-order valence-electron chi connectivity index (χ3n) is 2.04. The molecular formula is C10H10F4N2OS. The average molecular weight is 282 g/mol. The molecule has 1 N–H and O–H groups in total. The molecule has 18 heavy (non-hydrogen) atoms. The third-order valence-corrected chi connectivity index (χ3v) is 2.32. The van der Waals surface area contributed by atoms with Crippen LogP contribution in [0.4, 0.5) is 28.0 Å². The van der Waals surface area contributed by atoms with Crippen molar-refractivity contribution in [1.29, 1.82) is 0 Å². The summed E-state index contributed by atoms with van der Waals surface area (Å²) in [4.78, 5) is 12.5. The Labute approximate surface area is 106 Å². The number of halogens is 4. The minimum absolute atomic E-state index is 0.132. The van der Waals surface area contributed by atoms with Gasteiger partial charge in [-0.1, -0.05) is 0 Å². The van der Waals surface area contributed by atoms with Crippen molar-refractivity contribution in [2.45, 2.75) is 11.1 Å². The first-order valence-electron chi connectivity index (χ1n) is 4.77. The Bertz CT molecular complexity index is 450. The van der Waals surface area contributed by atoms with E-state index >= 15 is 0 Å². The molecule has 8 heteroatoms. The SMILES string of the molecule is CN(C(=O)NCC(F)(F)F)c1ccc(S)cc1F. The van der Waals surface area contributed by atoms with Gasteiger partial charge in [0.1, 0.15) is 12.4 Å². The van der Waals surface area contributed by atoms with Crippen LogP contribution >= 0.6 is 12.6 Å². The summed E-state index contributed by atoms with van der Waals surface area (Å²) >= 11 is 3.89. The second-order valence-corrected chi connectivity index (χ2v) is 3.99. The van der Waals surface area contributed by atoms with Crippen molar-refractivity contribution < 1.29 is 22.4 Å². The van der Waals surface area contributed by atoms with Crippen LogP contribution in [0.1, 0.15) is 0 Å². The third kappa shape index (κ3) is 4.10. The van der Waals surface area contributed by atoms with Crippen molar-refractivity contribution in [3.05, 3.63) is 24.0 Å². The number of rotatable bonds is 2. The first-order valence-corrected chi connectivity index (χ1v) is 5.22. The first-order chi connectivity index (χ1) is 8.20. The Hall–Kier alpha value is -1.44. The van der Waals surface area contributed by atoms with Crippen molar-refractivity contribution in [2.24, 2.45) is 0 Å². The molecular weight excluding hydrogens is 272 g/mol. The Morgan fingerprint density at radius 2 is 2.06 bits per heavy atom. The van der Waals surface area contributed by atoms with E-state index < -0.39 is 24.6 Å². The summed E-state index contributed by atoms with van der Waals surface area (Å²) in [6.07, 6.45) is -4.51. The lowest BCUT2D eigenvalue weighted by Crippen LogP contribution is -2.42. The zero-order chi connectivity index (χ0) is 13.9. The lowest BCUT2D eigenvalue weighted by atomic mass is 10.3. The molecule has 0 aromatic heterocycles. The lowest BCUT2D eigenvalue weighted by molar-refractivity contribution is -0.122. The second-order valence-electron chi connectivity index (χ2n) is 3.47. The molecule has 0 radical (unpaired) electrons. The largest absolute Gasteiger partial charge is 0.405 e. The number of anilines is 1. The van der Waals surface area contributed by atoms with Gasteiger partial charge in [-0.25, -0.2) is 9.18 Å². The molecule has 0 bridgehead atoms. The number of nitrogens with zero attached hydrogens (tertiary/aromatic N) is 1. The fourth-order valence-electron chi connectivity index (χ4n) is 1.17.